The quantitative estimate of drug-likeness (QED) is 0.849. The van der Waals surface area contributed by atoms with Crippen molar-refractivity contribution in [1.29, 1.82) is 0 Å². The predicted octanol–water partition coefficient (Wildman–Crippen LogP) is 3.17. The van der Waals surface area contributed by atoms with Gasteiger partial charge in [-0.05, 0) is 29.8 Å². The van der Waals surface area contributed by atoms with Gasteiger partial charge in [0.05, 0.1) is 12.1 Å². The summed E-state index contributed by atoms with van der Waals surface area (Å²) in [6.07, 6.45) is 0.874. The maximum absolute atomic E-state index is 12.2. The van der Waals surface area contributed by atoms with Crippen molar-refractivity contribution in [1.82, 2.24) is 0 Å². The number of fused-ring (bicyclic) bond motifs is 1. The number of hydrogen-bond acceptors (Lipinski definition) is 4. The van der Waals surface area contributed by atoms with E-state index in [1.807, 2.05) is 24.3 Å². The molecule has 0 aliphatic carbocycles. The number of halogens is 1. The highest BCUT2D eigenvalue weighted by atomic mass is 79.9. The van der Waals surface area contributed by atoms with Crippen LogP contribution in [0, 0.1) is 0 Å². The van der Waals surface area contributed by atoms with Gasteiger partial charge in [-0.25, -0.2) is 0 Å². The van der Waals surface area contributed by atoms with E-state index < -0.39 is 0 Å². The van der Waals surface area contributed by atoms with E-state index in [2.05, 4.69) is 21.2 Å². The van der Waals surface area contributed by atoms with Crippen LogP contribution in [0.15, 0.2) is 40.9 Å². The maximum Gasteiger partial charge on any atom is 0.231 e. The molecule has 1 heterocycles. The molecule has 0 radical (unpaired) electrons. The highest BCUT2D eigenvalue weighted by molar-refractivity contribution is 9.10. The van der Waals surface area contributed by atoms with Gasteiger partial charge in [0.1, 0.15) is 0 Å². The predicted molar refractivity (Wildman–Crippen MR) is 84.4 cm³/mol. The molecule has 1 N–H and O–H groups in total. The minimum Gasteiger partial charge on any atom is -0.454 e. The molecule has 6 heteroatoms. The third-order valence-corrected chi connectivity index (χ3v) is 3.71. The number of aldehydes is 1. The Morgan fingerprint density at radius 2 is 2.14 bits per heavy atom. The number of ether oxygens (including phenoxy) is 2. The van der Waals surface area contributed by atoms with Crippen LogP contribution in [-0.2, 0) is 11.2 Å². The number of carbonyl (C=O) groups is 2. The topological polar surface area (TPSA) is 64.6 Å². The average Bonchev–Trinajstić information content (AvgIpc) is 2.96. The minimum atomic E-state index is -0.231. The van der Waals surface area contributed by atoms with E-state index in [0.717, 1.165) is 10.0 Å². The third-order valence-electron chi connectivity index (χ3n) is 3.22. The van der Waals surface area contributed by atoms with E-state index in [-0.39, 0.29) is 19.1 Å². The largest absolute Gasteiger partial charge is 0.454 e. The zero-order valence-corrected chi connectivity index (χ0v) is 13.1. The van der Waals surface area contributed by atoms with E-state index in [9.17, 15) is 9.59 Å². The number of anilines is 1. The molecule has 0 atom stereocenters. The summed E-state index contributed by atoms with van der Waals surface area (Å²) in [5.41, 5.74) is 1.57. The van der Waals surface area contributed by atoms with Crippen LogP contribution in [0.4, 0.5) is 5.69 Å². The third kappa shape index (κ3) is 2.96. The van der Waals surface area contributed by atoms with Gasteiger partial charge in [-0.15, -0.1) is 0 Å². The molecule has 0 saturated heterocycles. The lowest BCUT2D eigenvalue weighted by atomic mass is 10.1. The van der Waals surface area contributed by atoms with E-state index in [1.54, 1.807) is 12.1 Å². The van der Waals surface area contributed by atoms with Gasteiger partial charge in [0.15, 0.2) is 17.8 Å². The molecule has 5 nitrogen and oxygen atoms in total. The summed E-state index contributed by atoms with van der Waals surface area (Å²) in [4.78, 5) is 23.4. The van der Waals surface area contributed by atoms with Crippen LogP contribution in [0.25, 0.3) is 0 Å². The molecule has 22 heavy (non-hydrogen) atoms. The number of rotatable bonds is 4. The molecule has 0 unspecified atom stereocenters. The highest BCUT2D eigenvalue weighted by Gasteiger charge is 2.22. The molecule has 1 amide bonds. The first-order valence-electron chi connectivity index (χ1n) is 6.59. The fraction of sp³-hybridized carbons (Fsp3) is 0.125. The molecule has 0 aromatic heterocycles. The zero-order chi connectivity index (χ0) is 15.5. The number of carbonyl (C=O) groups excluding carboxylic acids is 2. The van der Waals surface area contributed by atoms with Crippen LogP contribution < -0.4 is 14.8 Å². The number of amides is 1. The summed E-state index contributed by atoms with van der Waals surface area (Å²) in [6.45, 7) is 0.0755. The fourth-order valence-corrected chi connectivity index (χ4v) is 2.68. The molecular weight excluding hydrogens is 350 g/mol. The summed E-state index contributed by atoms with van der Waals surface area (Å²) in [5.74, 6) is 0.681. The highest BCUT2D eigenvalue weighted by Crippen LogP contribution is 2.41. The van der Waals surface area contributed by atoms with Crippen molar-refractivity contribution in [3.05, 3.63) is 52.0 Å². The van der Waals surface area contributed by atoms with Crippen LogP contribution in [-0.4, -0.2) is 19.0 Å². The van der Waals surface area contributed by atoms with E-state index in [1.165, 1.54) is 0 Å². The van der Waals surface area contributed by atoms with Crippen LogP contribution in [0.1, 0.15) is 15.9 Å². The van der Waals surface area contributed by atoms with Crippen LogP contribution in [0.2, 0.25) is 0 Å². The minimum absolute atomic E-state index is 0.0755. The molecule has 1 aliphatic rings. The Hall–Kier alpha value is -2.34. The Kier molecular flexibility index (Phi) is 4.11. The van der Waals surface area contributed by atoms with Gasteiger partial charge in [0.2, 0.25) is 12.7 Å². The van der Waals surface area contributed by atoms with Crippen molar-refractivity contribution < 1.29 is 19.1 Å². The molecule has 0 spiro atoms. The van der Waals surface area contributed by atoms with Gasteiger partial charge in [-0.2, -0.15) is 0 Å². The second kappa shape index (κ2) is 6.19. The lowest BCUT2D eigenvalue weighted by molar-refractivity contribution is -0.115. The van der Waals surface area contributed by atoms with Crippen molar-refractivity contribution >= 4 is 33.8 Å². The molecule has 1 aliphatic heterocycles. The second-order valence-electron chi connectivity index (χ2n) is 4.74. The molecule has 0 bridgehead atoms. The average molecular weight is 362 g/mol. The van der Waals surface area contributed by atoms with Crippen molar-refractivity contribution in [3.8, 4) is 11.5 Å². The van der Waals surface area contributed by atoms with E-state index >= 15 is 0 Å². The Morgan fingerprint density at radius 3 is 2.91 bits per heavy atom. The first-order chi connectivity index (χ1) is 10.7. The van der Waals surface area contributed by atoms with Gasteiger partial charge < -0.3 is 14.8 Å². The monoisotopic (exact) mass is 361 g/mol. The SMILES string of the molecule is O=Cc1ccc2c(c1NC(=O)Cc1cccc(Br)c1)OCO2. The van der Waals surface area contributed by atoms with Crippen molar-refractivity contribution in [2.75, 3.05) is 12.1 Å². The van der Waals surface area contributed by atoms with Gasteiger partial charge in [-0.3, -0.25) is 9.59 Å². The van der Waals surface area contributed by atoms with Gasteiger partial charge in [0.25, 0.3) is 0 Å². The first-order valence-corrected chi connectivity index (χ1v) is 7.39. The summed E-state index contributed by atoms with van der Waals surface area (Å²) in [6, 6.07) is 10.7. The second-order valence-corrected chi connectivity index (χ2v) is 5.65. The summed E-state index contributed by atoms with van der Waals surface area (Å²) in [5, 5.41) is 2.74. The number of hydrogen-bond donors (Lipinski definition) is 1. The number of benzene rings is 2. The standard InChI is InChI=1S/C16H12BrNO4/c17-12-3-1-2-10(6-12)7-14(20)18-15-11(8-19)4-5-13-16(15)22-9-21-13/h1-6,8H,7,9H2,(H,18,20). The summed E-state index contributed by atoms with van der Waals surface area (Å²) in [7, 11) is 0. The smallest absolute Gasteiger partial charge is 0.231 e. The molecule has 0 saturated carbocycles. The zero-order valence-electron chi connectivity index (χ0n) is 11.5. The van der Waals surface area contributed by atoms with Crippen LogP contribution in [0.3, 0.4) is 0 Å². The van der Waals surface area contributed by atoms with Crippen molar-refractivity contribution in [2.24, 2.45) is 0 Å². The fourth-order valence-electron chi connectivity index (χ4n) is 2.23. The van der Waals surface area contributed by atoms with Crippen molar-refractivity contribution in [3.63, 3.8) is 0 Å². The van der Waals surface area contributed by atoms with Crippen LogP contribution in [0.5, 0.6) is 11.5 Å². The molecule has 112 valence electrons. The summed E-state index contributed by atoms with van der Waals surface area (Å²) >= 11 is 3.37. The molecule has 2 aromatic carbocycles. The Bertz CT molecular complexity index is 745. The number of nitrogens with one attached hydrogen (secondary N) is 1. The molecule has 0 fully saturated rings. The Labute approximate surface area is 135 Å². The van der Waals surface area contributed by atoms with Gasteiger partial charge in [-0.1, -0.05) is 28.1 Å². The van der Waals surface area contributed by atoms with Gasteiger partial charge in [0, 0.05) is 10.0 Å². The van der Waals surface area contributed by atoms with Gasteiger partial charge >= 0.3 is 0 Å². The molecule has 2 aromatic rings. The van der Waals surface area contributed by atoms with E-state index in [4.69, 9.17) is 9.47 Å². The maximum atomic E-state index is 12.2. The summed E-state index contributed by atoms with van der Waals surface area (Å²) < 4.78 is 11.5. The Morgan fingerprint density at radius 1 is 1.27 bits per heavy atom. The normalized spacial score (nSPS) is 12.0. The lowest BCUT2D eigenvalue weighted by Gasteiger charge is -2.10. The van der Waals surface area contributed by atoms with E-state index in [0.29, 0.717) is 29.0 Å². The molecule has 3 rings (SSSR count). The lowest BCUT2D eigenvalue weighted by Crippen LogP contribution is -2.16. The van der Waals surface area contributed by atoms with Crippen molar-refractivity contribution in [2.45, 2.75) is 6.42 Å². The molecular formula is C16H12BrNO4. The first kappa shape index (κ1) is 14.6. The Balaban J connectivity index is 1.82. The van der Waals surface area contributed by atoms with Crippen LogP contribution >= 0.6 is 15.9 Å².